The Hall–Kier alpha value is -1.23. The van der Waals surface area contributed by atoms with Crippen LogP contribution in [0.1, 0.15) is 20.3 Å². The summed E-state index contributed by atoms with van der Waals surface area (Å²) in [5.41, 5.74) is 1.46. The number of nitro groups is 1. The zero-order valence-electron chi connectivity index (χ0n) is 10.7. The quantitative estimate of drug-likeness (QED) is 0.671. The highest BCUT2D eigenvalue weighted by Crippen LogP contribution is 2.34. The number of non-ortho nitro benzene ring substituents is 1. The number of hydrogen-bond donors (Lipinski definition) is 1. The highest BCUT2D eigenvalue weighted by atomic mass is 32.2. The first-order chi connectivity index (χ1) is 8.46. The van der Waals surface area contributed by atoms with Gasteiger partial charge in [-0.05, 0) is 29.7 Å². The summed E-state index contributed by atoms with van der Waals surface area (Å²) in [6.07, 6.45) is 1.14. The maximum absolute atomic E-state index is 10.6. The molecule has 0 aliphatic carbocycles. The number of hydrogen-bond acceptors (Lipinski definition) is 4. The molecule has 1 fully saturated rings. The van der Waals surface area contributed by atoms with E-state index in [4.69, 9.17) is 0 Å². The average molecular weight is 266 g/mol. The number of anilines is 1. The highest BCUT2D eigenvalue weighted by Gasteiger charge is 2.28. The molecule has 1 aromatic carbocycles. The third-order valence-electron chi connectivity index (χ3n) is 3.06. The van der Waals surface area contributed by atoms with Gasteiger partial charge in [0.2, 0.25) is 0 Å². The van der Waals surface area contributed by atoms with Crippen LogP contribution in [-0.2, 0) is 0 Å². The molecule has 1 unspecified atom stereocenters. The fourth-order valence-corrected chi connectivity index (χ4v) is 3.54. The largest absolute Gasteiger partial charge is 0.381 e. The summed E-state index contributed by atoms with van der Waals surface area (Å²) >= 11 is 1.97. The highest BCUT2D eigenvalue weighted by molar-refractivity contribution is 7.99. The van der Waals surface area contributed by atoms with Gasteiger partial charge in [0.15, 0.2) is 0 Å². The van der Waals surface area contributed by atoms with Gasteiger partial charge in [0.1, 0.15) is 0 Å². The fraction of sp³-hybridized carbons (Fsp3) is 0.538. The number of nitro benzene ring substituents is 1. The van der Waals surface area contributed by atoms with Gasteiger partial charge in [0, 0.05) is 29.6 Å². The van der Waals surface area contributed by atoms with Crippen LogP contribution < -0.4 is 5.32 Å². The van der Waals surface area contributed by atoms with Crippen LogP contribution in [0, 0.1) is 15.5 Å². The van der Waals surface area contributed by atoms with Gasteiger partial charge in [-0.25, -0.2) is 0 Å². The predicted octanol–water partition coefficient (Wildman–Crippen LogP) is 3.54. The molecule has 0 radical (unpaired) electrons. The van der Waals surface area contributed by atoms with Crippen molar-refractivity contribution in [2.75, 3.05) is 16.8 Å². The van der Waals surface area contributed by atoms with Crippen molar-refractivity contribution in [3.63, 3.8) is 0 Å². The Morgan fingerprint density at radius 2 is 2.06 bits per heavy atom. The van der Waals surface area contributed by atoms with Gasteiger partial charge in [-0.1, -0.05) is 13.8 Å². The lowest BCUT2D eigenvalue weighted by molar-refractivity contribution is -0.384. The standard InChI is InChI=1S/C13H18N2O2S/c1-13(2)7-11(8-18-9-13)14-10-3-5-12(6-4-10)15(16)17/h3-6,11,14H,7-9H2,1-2H3. The van der Waals surface area contributed by atoms with Gasteiger partial charge < -0.3 is 5.32 Å². The zero-order valence-corrected chi connectivity index (χ0v) is 11.5. The maximum Gasteiger partial charge on any atom is 0.269 e. The lowest BCUT2D eigenvalue weighted by atomic mass is 9.88. The average Bonchev–Trinajstić information content (AvgIpc) is 2.28. The molecule has 0 amide bonds. The summed E-state index contributed by atoms with van der Waals surface area (Å²) in [6.45, 7) is 4.56. The minimum absolute atomic E-state index is 0.138. The summed E-state index contributed by atoms with van der Waals surface area (Å²) in [4.78, 5) is 10.2. The fourth-order valence-electron chi connectivity index (χ4n) is 2.27. The molecule has 2 rings (SSSR count). The van der Waals surface area contributed by atoms with Crippen molar-refractivity contribution in [2.45, 2.75) is 26.3 Å². The Labute approximate surface area is 111 Å². The summed E-state index contributed by atoms with van der Waals surface area (Å²) in [5, 5.41) is 14.0. The molecular weight excluding hydrogens is 248 g/mol. The smallest absolute Gasteiger partial charge is 0.269 e. The van der Waals surface area contributed by atoms with E-state index in [1.165, 1.54) is 5.75 Å². The summed E-state index contributed by atoms with van der Waals surface area (Å²) in [5.74, 6) is 2.30. The van der Waals surface area contributed by atoms with E-state index in [2.05, 4.69) is 19.2 Å². The number of rotatable bonds is 3. The second kappa shape index (κ2) is 5.18. The Bertz CT molecular complexity index is 431. The second-order valence-electron chi connectivity index (χ2n) is 5.53. The van der Waals surface area contributed by atoms with Crippen LogP contribution in [0.15, 0.2) is 24.3 Å². The zero-order chi connectivity index (χ0) is 13.2. The molecule has 0 spiro atoms. The molecule has 18 heavy (non-hydrogen) atoms. The summed E-state index contributed by atoms with van der Waals surface area (Å²) in [6, 6.07) is 7.10. The maximum atomic E-state index is 10.6. The first-order valence-electron chi connectivity index (χ1n) is 6.05. The van der Waals surface area contributed by atoms with E-state index in [-0.39, 0.29) is 10.6 Å². The molecule has 0 aromatic heterocycles. The third kappa shape index (κ3) is 3.38. The summed E-state index contributed by atoms with van der Waals surface area (Å²) in [7, 11) is 0. The Kier molecular flexibility index (Phi) is 3.80. The molecule has 4 nitrogen and oxygen atoms in total. The molecule has 0 bridgehead atoms. The van der Waals surface area contributed by atoms with Crippen LogP contribution in [0.5, 0.6) is 0 Å². The van der Waals surface area contributed by atoms with Crippen molar-refractivity contribution in [1.82, 2.24) is 0 Å². The number of nitrogens with one attached hydrogen (secondary N) is 1. The van der Waals surface area contributed by atoms with E-state index < -0.39 is 0 Å². The van der Waals surface area contributed by atoms with E-state index in [0.717, 1.165) is 17.9 Å². The molecule has 1 aromatic rings. The Balaban J connectivity index is 1.99. The van der Waals surface area contributed by atoms with Gasteiger partial charge in [-0.2, -0.15) is 11.8 Å². The van der Waals surface area contributed by atoms with Crippen molar-refractivity contribution in [2.24, 2.45) is 5.41 Å². The van der Waals surface area contributed by atoms with E-state index in [1.54, 1.807) is 24.3 Å². The molecule has 1 saturated heterocycles. The number of nitrogens with zero attached hydrogens (tertiary/aromatic N) is 1. The minimum Gasteiger partial charge on any atom is -0.381 e. The van der Waals surface area contributed by atoms with Gasteiger partial charge in [0.25, 0.3) is 5.69 Å². The first-order valence-corrected chi connectivity index (χ1v) is 7.20. The van der Waals surface area contributed by atoms with Crippen LogP contribution in [0.2, 0.25) is 0 Å². The molecule has 1 aliphatic heterocycles. The Morgan fingerprint density at radius 1 is 1.39 bits per heavy atom. The summed E-state index contributed by atoms with van der Waals surface area (Å²) < 4.78 is 0. The molecule has 1 aliphatic rings. The molecule has 1 atom stereocenters. The van der Waals surface area contributed by atoms with Gasteiger partial charge in [0.05, 0.1) is 4.92 Å². The topological polar surface area (TPSA) is 55.2 Å². The second-order valence-corrected chi connectivity index (χ2v) is 6.56. The van der Waals surface area contributed by atoms with E-state index in [0.29, 0.717) is 11.5 Å². The Morgan fingerprint density at radius 3 is 2.61 bits per heavy atom. The van der Waals surface area contributed by atoms with Crippen molar-refractivity contribution in [3.05, 3.63) is 34.4 Å². The number of thioether (sulfide) groups is 1. The van der Waals surface area contributed by atoms with Crippen LogP contribution in [0.4, 0.5) is 11.4 Å². The van der Waals surface area contributed by atoms with Crippen LogP contribution >= 0.6 is 11.8 Å². The third-order valence-corrected chi connectivity index (χ3v) is 4.68. The van der Waals surface area contributed by atoms with Gasteiger partial charge in [-0.15, -0.1) is 0 Å². The molecule has 1 N–H and O–H groups in total. The SMILES string of the molecule is CC1(C)CSCC(Nc2ccc([N+](=O)[O-])cc2)C1. The van der Waals surface area contributed by atoms with Gasteiger partial charge in [-0.3, -0.25) is 10.1 Å². The van der Waals surface area contributed by atoms with Crippen molar-refractivity contribution < 1.29 is 4.92 Å². The van der Waals surface area contributed by atoms with E-state index in [9.17, 15) is 10.1 Å². The van der Waals surface area contributed by atoms with E-state index >= 15 is 0 Å². The lowest BCUT2D eigenvalue weighted by Gasteiger charge is -2.35. The van der Waals surface area contributed by atoms with Crippen molar-refractivity contribution >= 4 is 23.1 Å². The number of benzene rings is 1. The van der Waals surface area contributed by atoms with Crippen molar-refractivity contribution in [1.29, 1.82) is 0 Å². The van der Waals surface area contributed by atoms with Crippen molar-refractivity contribution in [3.8, 4) is 0 Å². The van der Waals surface area contributed by atoms with Gasteiger partial charge >= 0.3 is 0 Å². The monoisotopic (exact) mass is 266 g/mol. The molecule has 5 heteroatoms. The minimum atomic E-state index is -0.372. The lowest BCUT2D eigenvalue weighted by Crippen LogP contribution is -2.35. The first kappa shape index (κ1) is 13.2. The molecule has 0 saturated carbocycles. The molecule has 98 valence electrons. The van der Waals surface area contributed by atoms with Crippen LogP contribution in [-0.4, -0.2) is 22.5 Å². The van der Waals surface area contributed by atoms with Crippen LogP contribution in [0.25, 0.3) is 0 Å². The molecule has 1 heterocycles. The van der Waals surface area contributed by atoms with E-state index in [1.807, 2.05) is 11.8 Å². The normalized spacial score (nSPS) is 22.4. The molecular formula is C13H18N2O2S. The predicted molar refractivity (Wildman–Crippen MR) is 76.2 cm³/mol. The van der Waals surface area contributed by atoms with Crippen LogP contribution in [0.3, 0.4) is 0 Å².